The summed E-state index contributed by atoms with van der Waals surface area (Å²) >= 11 is 0. The van der Waals surface area contributed by atoms with Gasteiger partial charge in [0.2, 0.25) is 0 Å². The highest BCUT2D eigenvalue weighted by Gasteiger charge is 2.37. The summed E-state index contributed by atoms with van der Waals surface area (Å²) in [6, 6.07) is 69.2. The molecule has 2 nitrogen and oxygen atoms in total. The molecule has 2 heteroatoms. The van der Waals surface area contributed by atoms with Crippen molar-refractivity contribution in [1.82, 2.24) is 0 Å². The van der Waals surface area contributed by atoms with E-state index in [-0.39, 0.29) is 16.2 Å². The Morgan fingerprint density at radius 2 is 0.645 bits per heavy atom. The summed E-state index contributed by atoms with van der Waals surface area (Å²) in [5, 5.41) is 0. The van der Waals surface area contributed by atoms with E-state index in [1.165, 1.54) is 72.6 Å². The van der Waals surface area contributed by atoms with Gasteiger partial charge in [0, 0.05) is 45.0 Å². The van der Waals surface area contributed by atoms with Gasteiger partial charge < -0.3 is 9.80 Å². The van der Waals surface area contributed by atoms with Crippen molar-refractivity contribution in [2.75, 3.05) is 9.80 Å². The molecule has 8 aromatic rings. The van der Waals surface area contributed by atoms with E-state index in [2.05, 4.69) is 258 Å². The van der Waals surface area contributed by atoms with Crippen LogP contribution in [0.5, 0.6) is 0 Å². The summed E-state index contributed by atoms with van der Waals surface area (Å²) in [7, 11) is 0. The number of anilines is 6. The normalized spacial score (nSPS) is 14.2. The van der Waals surface area contributed by atoms with E-state index in [1.807, 2.05) is 0 Å². The molecule has 0 atom stereocenters. The number of nitrogens with zero attached hydrogens (tertiary/aromatic N) is 2. The Hall–Kier alpha value is -6.90. The molecule has 0 unspecified atom stereocenters. The first-order valence-corrected chi connectivity index (χ1v) is 22.0. The fourth-order valence-electron chi connectivity index (χ4n) is 9.90. The second kappa shape index (κ2) is 14.9. The zero-order valence-corrected chi connectivity index (χ0v) is 36.9. The fraction of sp³-hybridized carbons (Fsp3) is 0.167. The van der Waals surface area contributed by atoms with E-state index in [1.54, 1.807) is 0 Å². The van der Waals surface area contributed by atoms with Gasteiger partial charge in [0.25, 0.3) is 0 Å². The molecule has 0 amide bonds. The van der Waals surface area contributed by atoms with E-state index >= 15 is 0 Å². The van der Waals surface area contributed by atoms with E-state index in [9.17, 15) is 0 Å². The molecule has 0 aliphatic heterocycles. The Morgan fingerprint density at radius 1 is 0.339 bits per heavy atom. The van der Waals surface area contributed by atoms with Crippen LogP contribution in [0.1, 0.15) is 87.4 Å². The van der Waals surface area contributed by atoms with E-state index in [0.717, 1.165) is 22.7 Å². The Balaban J connectivity index is 0.936. The van der Waals surface area contributed by atoms with Crippen molar-refractivity contribution in [3.8, 4) is 22.3 Å². The van der Waals surface area contributed by atoms with Gasteiger partial charge in [0.15, 0.2) is 0 Å². The van der Waals surface area contributed by atoms with Gasteiger partial charge >= 0.3 is 0 Å². The van der Waals surface area contributed by atoms with Gasteiger partial charge in [-0.15, -0.1) is 0 Å². The average Bonchev–Trinajstić information content (AvgIpc) is 3.65. The highest BCUT2D eigenvalue weighted by Crippen LogP contribution is 2.53. The minimum absolute atomic E-state index is 0.0958. The third-order valence-corrected chi connectivity index (χ3v) is 13.4. The van der Waals surface area contributed by atoms with Gasteiger partial charge in [-0.3, -0.25) is 0 Å². The SMILES string of the molecule is CC(C)(C)c1ccc(N(c2ccccc2)c2ccc3c(c2)C(C)(C)c2cc(/C=C/c4ccc5c(c4)C(C)(C)c4cc(N(c6ccccc6)c6ccccc6)ccc4-5)ccc2-3)cc1. The van der Waals surface area contributed by atoms with Crippen LogP contribution in [-0.4, -0.2) is 0 Å². The summed E-state index contributed by atoms with van der Waals surface area (Å²) in [6.07, 6.45) is 4.57. The van der Waals surface area contributed by atoms with Crippen LogP contribution in [0, 0.1) is 0 Å². The quantitative estimate of drug-likeness (QED) is 0.141. The first-order valence-electron chi connectivity index (χ1n) is 22.0. The lowest BCUT2D eigenvalue weighted by molar-refractivity contribution is 0.590. The minimum atomic E-state index is -0.165. The molecule has 0 spiro atoms. The number of hydrogen-bond donors (Lipinski definition) is 0. The molecule has 0 saturated heterocycles. The predicted molar refractivity (Wildman–Crippen MR) is 265 cm³/mol. The first kappa shape index (κ1) is 39.2. The number of benzene rings is 8. The molecule has 0 heterocycles. The Kier molecular flexibility index (Phi) is 9.45. The molecule has 0 fully saturated rings. The molecule has 0 radical (unpaired) electrons. The maximum Gasteiger partial charge on any atom is 0.0465 e. The molecular formula is C60H54N2. The topological polar surface area (TPSA) is 6.48 Å². The second-order valence-corrected chi connectivity index (χ2v) is 19.1. The molecule has 62 heavy (non-hydrogen) atoms. The van der Waals surface area contributed by atoms with Crippen molar-refractivity contribution in [2.45, 2.75) is 64.7 Å². The van der Waals surface area contributed by atoms with Gasteiger partial charge in [-0.2, -0.15) is 0 Å². The van der Waals surface area contributed by atoms with Gasteiger partial charge in [0.1, 0.15) is 0 Å². The Bertz CT molecular complexity index is 2930. The molecule has 304 valence electrons. The molecule has 10 rings (SSSR count). The number of fused-ring (bicyclic) bond motifs is 6. The van der Waals surface area contributed by atoms with E-state index < -0.39 is 0 Å². The molecule has 2 aliphatic carbocycles. The third kappa shape index (κ3) is 6.75. The monoisotopic (exact) mass is 802 g/mol. The van der Waals surface area contributed by atoms with Crippen LogP contribution in [0.15, 0.2) is 188 Å². The highest BCUT2D eigenvalue weighted by molar-refractivity contribution is 5.89. The Morgan fingerprint density at radius 3 is 1.00 bits per heavy atom. The fourth-order valence-corrected chi connectivity index (χ4v) is 9.90. The third-order valence-electron chi connectivity index (χ3n) is 13.4. The van der Waals surface area contributed by atoms with Crippen LogP contribution in [0.25, 0.3) is 34.4 Å². The van der Waals surface area contributed by atoms with Crippen LogP contribution in [-0.2, 0) is 16.2 Å². The maximum absolute atomic E-state index is 2.42. The summed E-state index contributed by atoms with van der Waals surface area (Å²) < 4.78 is 0. The van der Waals surface area contributed by atoms with Crippen molar-refractivity contribution in [3.63, 3.8) is 0 Å². The summed E-state index contributed by atoms with van der Waals surface area (Å²) in [5.41, 5.74) is 21.2. The van der Waals surface area contributed by atoms with Crippen molar-refractivity contribution >= 4 is 46.3 Å². The summed E-state index contributed by atoms with van der Waals surface area (Å²) in [6.45, 7) is 16.3. The maximum atomic E-state index is 2.42. The van der Waals surface area contributed by atoms with Crippen molar-refractivity contribution in [2.24, 2.45) is 0 Å². The molecule has 0 bridgehead atoms. The van der Waals surface area contributed by atoms with Crippen LogP contribution < -0.4 is 9.80 Å². The number of para-hydroxylation sites is 3. The first-order chi connectivity index (χ1) is 29.9. The molecule has 0 saturated carbocycles. The zero-order valence-electron chi connectivity index (χ0n) is 36.9. The Labute approximate surface area is 368 Å². The minimum Gasteiger partial charge on any atom is -0.310 e. The van der Waals surface area contributed by atoms with Crippen molar-refractivity contribution in [3.05, 3.63) is 227 Å². The van der Waals surface area contributed by atoms with Gasteiger partial charge in [-0.25, -0.2) is 0 Å². The molecule has 8 aromatic carbocycles. The van der Waals surface area contributed by atoms with Crippen LogP contribution in [0.4, 0.5) is 34.1 Å². The van der Waals surface area contributed by atoms with Gasteiger partial charge in [-0.1, -0.05) is 176 Å². The van der Waals surface area contributed by atoms with Crippen LogP contribution in [0.2, 0.25) is 0 Å². The standard InChI is InChI=1S/C60H54N2/c1-58(2,3)43-27-29-47(30-28-43)62(46-21-15-10-16-22-46)49-32-36-53-51-34-26-42(38-55(51)60(6,7)57(53)40-49)24-23-41-25-33-50-52-35-31-48(39-56(52)59(4,5)54(50)37-41)61(44-17-11-8-12-18-44)45-19-13-9-14-20-45/h8-40H,1-7H3/b24-23+. The molecule has 2 aliphatic rings. The van der Waals surface area contributed by atoms with Gasteiger partial charge in [0.05, 0.1) is 0 Å². The van der Waals surface area contributed by atoms with Crippen LogP contribution >= 0.6 is 0 Å². The van der Waals surface area contributed by atoms with Crippen LogP contribution in [0.3, 0.4) is 0 Å². The molecule has 0 N–H and O–H groups in total. The van der Waals surface area contributed by atoms with Crippen molar-refractivity contribution in [1.29, 1.82) is 0 Å². The predicted octanol–water partition coefficient (Wildman–Crippen LogP) is 16.7. The molecular weight excluding hydrogens is 749 g/mol. The van der Waals surface area contributed by atoms with Gasteiger partial charge in [-0.05, 0) is 139 Å². The van der Waals surface area contributed by atoms with E-state index in [0.29, 0.717) is 0 Å². The number of hydrogen-bond acceptors (Lipinski definition) is 2. The lowest BCUT2D eigenvalue weighted by atomic mass is 9.81. The smallest absolute Gasteiger partial charge is 0.0465 e. The number of rotatable bonds is 8. The summed E-state index contributed by atoms with van der Waals surface area (Å²) in [5.74, 6) is 0. The highest BCUT2D eigenvalue weighted by atomic mass is 15.1. The lowest BCUT2D eigenvalue weighted by Crippen LogP contribution is -2.17. The lowest BCUT2D eigenvalue weighted by Gasteiger charge is -2.29. The summed E-state index contributed by atoms with van der Waals surface area (Å²) in [4.78, 5) is 4.74. The van der Waals surface area contributed by atoms with E-state index in [4.69, 9.17) is 0 Å². The second-order valence-electron chi connectivity index (χ2n) is 19.1. The average molecular weight is 803 g/mol. The zero-order chi connectivity index (χ0) is 42.8. The molecule has 0 aromatic heterocycles. The van der Waals surface area contributed by atoms with Crippen molar-refractivity contribution < 1.29 is 0 Å². The largest absolute Gasteiger partial charge is 0.310 e.